The monoisotopic (exact) mass is 360 g/mol. The number of hydrogen-bond donors (Lipinski definition) is 2. The fraction of sp³-hybridized carbons (Fsp3) is 0.600. The second-order valence-corrected chi connectivity index (χ2v) is 7.26. The Morgan fingerprint density at radius 1 is 1.15 bits per heavy atom. The van der Waals surface area contributed by atoms with Gasteiger partial charge in [-0.1, -0.05) is 44.4 Å². The van der Waals surface area contributed by atoms with Crippen molar-refractivity contribution in [2.75, 3.05) is 13.7 Å². The molecule has 6 heteroatoms. The van der Waals surface area contributed by atoms with Crippen molar-refractivity contribution in [3.8, 4) is 5.75 Å². The van der Waals surface area contributed by atoms with Crippen LogP contribution in [0, 0.1) is 5.92 Å². The molecule has 0 bridgehead atoms. The van der Waals surface area contributed by atoms with Crippen molar-refractivity contribution >= 4 is 11.8 Å². The first-order valence-electron chi connectivity index (χ1n) is 9.44. The number of rotatable bonds is 5. The number of benzene rings is 1. The fourth-order valence-corrected chi connectivity index (χ4v) is 3.92. The SMILES string of the molecule is COCC(=O)N[C@@H]1c2ccccc2O[C@@H](C(=O)NC2CCCCC2)[C@H]1C. The fourth-order valence-electron chi connectivity index (χ4n) is 3.92. The maximum Gasteiger partial charge on any atom is 0.261 e. The molecule has 1 heterocycles. The molecule has 142 valence electrons. The molecule has 1 fully saturated rings. The zero-order valence-corrected chi connectivity index (χ0v) is 15.5. The van der Waals surface area contributed by atoms with Crippen LogP contribution in [-0.4, -0.2) is 37.7 Å². The van der Waals surface area contributed by atoms with Crippen molar-refractivity contribution in [2.24, 2.45) is 5.92 Å². The smallest absolute Gasteiger partial charge is 0.261 e. The molecule has 6 nitrogen and oxygen atoms in total. The lowest BCUT2D eigenvalue weighted by Crippen LogP contribution is -2.52. The van der Waals surface area contributed by atoms with E-state index in [1.165, 1.54) is 13.5 Å². The minimum absolute atomic E-state index is 0.00875. The number of fused-ring (bicyclic) bond motifs is 1. The van der Waals surface area contributed by atoms with Crippen LogP contribution < -0.4 is 15.4 Å². The molecule has 1 aromatic carbocycles. The van der Waals surface area contributed by atoms with Crippen LogP contribution in [0.25, 0.3) is 0 Å². The summed E-state index contributed by atoms with van der Waals surface area (Å²) in [4.78, 5) is 25.0. The summed E-state index contributed by atoms with van der Waals surface area (Å²) in [6.45, 7) is 1.93. The summed E-state index contributed by atoms with van der Waals surface area (Å²) in [6, 6.07) is 7.50. The second kappa shape index (κ2) is 8.54. The van der Waals surface area contributed by atoms with Crippen molar-refractivity contribution in [1.82, 2.24) is 10.6 Å². The molecule has 1 aromatic rings. The van der Waals surface area contributed by atoms with E-state index in [0.29, 0.717) is 5.75 Å². The van der Waals surface area contributed by atoms with Crippen LogP contribution in [0.4, 0.5) is 0 Å². The third-order valence-electron chi connectivity index (χ3n) is 5.31. The lowest BCUT2D eigenvalue weighted by molar-refractivity contribution is -0.134. The molecule has 3 atom stereocenters. The summed E-state index contributed by atoms with van der Waals surface area (Å²) < 4.78 is 10.9. The first-order valence-corrected chi connectivity index (χ1v) is 9.44. The Morgan fingerprint density at radius 3 is 2.62 bits per heavy atom. The van der Waals surface area contributed by atoms with Crippen molar-refractivity contribution < 1.29 is 19.1 Å². The number of carbonyl (C=O) groups is 2. The first-order chi connectivity index (χ1) is 12.6. The third kappa shape index (κ3) is 4.18. The van der Waals surface area contributed by atoms with Crippen LogP contribution in [0.1, 0.15) is 50.6 Å². The van der Waals surface area contributed by atoms with Gasteiger partial charge >= 0.3 is 0 Å². The highest BCUT2D eigenvalue weighted by Crippen LogP contribution is 2.38. The van der Waals surface area contributed by atoms with Crippen LogP contribution in [0.3, 0.4) is 0 Å². The van der Waals surface area contributed by atoms with Crippen molar-refractivity contribution in [3.63, 3.8) is 0 Å². The standard InChI is InChI=1S/C20H28N2O4/c1-13-18(22-17(23)12-25-2)15-10-6-7-11-16(15)26-19(13)20(24)21-14-8-4-3-5-9-14/h6-7,10-11,13-14,18-19H,3-5,8-9,12H2,1-2H3,(H,21,24)(H,22,23)/t13-,18-,19+/m0/s1. The summed E-state index contributed by atoms with van der Waals surface area (Å²) in [5, 5.41) is 6.14. The van der Waals surface area contributed by atoms with E-state index in [9.17, 15) is 9.59 Å². The second-order valence-electron chi connectivity index (χ2n) is 7.26. The molecule has 0 spiro atoms. The zero-order chi connectivity index (χ0) is 18.5. The zero-order valence-electron chi connectivity index (χ0n) is 15.5. The molecule has 2 N–H and O–H groups in total. The van der Waals surface area contributed by atoms with Crippen molar-refractivity contribution in [3.05, 3.63) is 29.8 Å². The summed E-state index contributed by atoms with van der Waals surface area (Å²) in [7, 11) is 1.49. The Hall–Kier alpha value is -2.08. The van der Waals surface area contributed by atoms with Gasteiger partial charge in [-0.3, -0.25) is 9.59 Å². The maximum atomic E-state index is 12.9. The summed E-state index contributed by atoms with van der Waals surface area (Å²) in [5.41, 5.74) is 0.895. The summed E-state index contributed by atoms with van der Waals surface area (Å²) >= 11 is 0. The highest BCUT2D eigenvalue weighted by Gasteiger charge is 2.40. The van der Waals surface area contributed by atoms with Crippen molar-refractivity contribution in [2.45, 2.75) is 57.2 Å². The number of amides is 2. The van der Waals surface area contributed by atoms with Crippen LogP contribution in [-0.2, 0) is 14.3 Å². The molecule has 26 heavy (non-hydrogen) atoms. The Bertz CT molecular complexity index is 642. The molecular formula is C20H28N2O4. The molecule has 0 saturated heterocycles. The third-order valence-corrected chi connectivity index (χ3v) is 5.31. The molecule has 0 unspecified atom stereocenters. The average Bonchev–Trinajstić information content (AvgIpc) is 2.65. The minimum Gasteiger partial charge on any atom is -0.480 e. The molecule has 0 radical (unpaired) electrons. The van der Waals surface area contributed by atoms with E-state index in [0.717, 1.165) is 31.2 Å². The predicted molar refractivity (Wildman–Crippen MR) is 97.8 cm³/mol. The molecule has 3 rings (SSSR count). The highest BCUT2D eigenvalue weighted by molar-refractivity contribution is 5.83. The predicted octanol–water partition coefficient (Wildman–Crippen LogP) is 2.34. The normalized spacial score (nSPS) is 25.7. The Kier molecular flexibility index (Phi) is 6.14. The Morgan fingerprint density at radius 2 is 1.88 bits per heavy atom. The van der Waals surface area contributed by atoms with Crippen LogP contribution in [0.2, 0.25) is 0 Å². The van der Waals surface area contributed by atoms with E-state index in [2.05, 4.69) is 10.6 Å². The number of para-hydroxylation sites is 1. The van der Waals surface area contributed by atoms with Gasteiger partial charge in [-0.25, -0.2) is 0 Å². The number of methoxy groups -OCH3 is 1. The van der Waals surface area contributed by atoms with E-state index in [-0.39, 0.29) is 36.4 Å². The van der Waals surface area contributed by atoms with Crippen LogP contribution in [0.5, 0.6) is 5.75 Å². The molecule has 1 saturated carbocycles. The lowest BCUT2D eigenvalue weighted by Gasteiger charge is -2.38. The van der Waals surface area contributed by atoms with Gasteiger partial charge in [-0.2, -0.15) is 0 Å². The van der Waals surface area contributed by atoms with Gasteiger partial charge in [-0.15, -0.1) is 0 Å². The Labute approximate surface area is 154 Å². The molecule has 1 aliphatic carbocycles. The van der Waals surface area contributed by atoms with Gasteiger partial charge in [0.2, 0.25) is 5.91 Å². The van der Waals surface area contributed by atoms with Gasteiger partial charge < -0.3 is 20.1 Å². The number of nitrogens with one attached hydrogen (secondary N) is 2. The van der Waals surface area contributed by atoms with Crippen LogP contribution >= 0.6 is 0 Å². The molecule has 0 aromatic heterocycles. The average molecular weight is 360 g/mol. The molecular weight excluding hydrogens is 332 g/mol. The summed E-state index contributed by atoms with van der Waals surface area (Å²) in [6.07, 6.45) is 4.98. The Balaban J connectivity index is 1.76. The van der Waals surface area contributed by atoms with Gasteiger partial charge in [0.25, 0.3) is 5.91 Å². The molecule has 2 amide bonds. The number of hydrogen-bond acceptors (Lipinski definition) is 4. The van der Waals surface area contributed by atoms with E-state index in [1.54, 1.807) is 0 Å². The number of carbonyl (C=O) groups excluding carboxylic acids is 2. The minimum atomic E-state index is -0.625. The van der Waals surface area contributed by atoms with E-state index in [1.807, 2.05) is 31.2 Å². The topological polar surface area (TPSA) is 76.7 Å². The maximum absolute atomic E-state index is 12.9. The quantitative estimate of drug-likeness (QED) is 0.845. The van der Waals surface area contributed by atoms with Crippen LogP contribution in [0.15, 0.2) is 24.3 Å². The van der Waals surface area contributed by atoms with Gasteiger partial charge in [0.15, 0.2) is 6.10 Å². The van der Waals surface area contributed by atoms with Gasteiger partial charge in [0.05, 0.1) is 6.04 Å². The molecule has 1 aliphatic heterocycles. The number of ether oxygens (including phenoxy) is 2. The lowest BCUT2D eigenvalue weighted by atomic mass is 9.86. The van der Waals surface area contributed by atoms with E-state index in [4.69, 9.17) is 9.47 Å². The first kappa shape index (κ1) is 18.7. The van der Waals surface area contributed by atoms with Gasteiger partial charge in [-0.05, 0) is 18.9 Å². The largest absolute Gasteiger partial charge is 0.480 e. The van der Waals surface area contributed by atoms with Gasteiger partial charge in [0.1, 0.15) is 12.4 Å². The molecule has 2 aliphatic rings. The van der Waals surface area contributed by atoms with E-state index >= 15 is 0 Å². The highest BCUT2D eigenvalue weighted by atomic mass is 16.5. The summed E-state index contributed by atoms with van der Waals surface area (Å²) in [5.74, 6) is 0.170. The van der Waals surface area contributed by atoms with Crippen molar-refractivity contribution in [1.29, 1.82) is 0 Å². The van der Waals surface area contributed by atoms with E-state index < -0.39 is 6.10 Å². The van der Waals surface area contributed by atoms with Gasteiger partial charge in [0, 0.05) is 24.6 Å².